The number of benzene rings is 1. The molecule has 5 heteroatoms. The van der Waals surface area contributed by atoms with Crippen molar-refractivity contribution in [1.29, 1.82) is 0 Å². The Balaban J connectivity index is 2.02. The molecule has 0 aliphatic carbocycles. The highest BCUT2D eigenvalue weighted by Gasteiger charge is 2.20. The monoisotopic (exact) mass is 254 g/mol. The van der Waals surface area contributed by atoms with Gasteiger partial charge in [-0.25, -0.2) is 0 Å². The molecule has 1 heterocycles. The van der Waals surface area contributed by atoms with Crippen LogP contribution in [0.15, 0.2) is 24.3 Å². The molecule has 0 saturated carbocycles. The van der Waals surface area contributed by atoms with E-state index in [4.69, 9.17) is 14.6 Å². The van der Waals surface area contributed by atoms with Crippen LogP contribution >= 0.6 is 0 Å². The van der Waals surface area contributed by atoms with Gasteiger partial charge in [-0.2, -0.15) is 0 Å². The van der Waals surface area contributed by atoms with Crippen LogP contribution in [0.4, 0.5) is 0 Å². The lowest BCUT2D eigenvalue weighted by molar-refractivity contribution is -0.0442. The van der Waals surface area contributed by atoms with Crippen molar-refractivity contribution < 1.29 is 24.8 Å². The SMILES string of the molecule is OCCC(O)C(O)c1ccc(C2OCCO2)cc1. The quantitative estimate of drug-likeness (QED) is 0.713. The van der Waals surface area contributed by atoms with E-state index >= 15 is 0 Å². The van der Waals surface area contributed by atoms with Gasteiger partial charge in [0.2, 0.25) is 0 Å². The van der Waals surface area contributed by atoms with E-state index in [-0.39, 0.29) is 19.3 Å². The van der Waals surface area contributed by atoms with Crippen LogP contribution in [0.3, 0.4) is 0 Å². The van der Waals surface area contributed by atoms with Crippen LogP contribution in [0.25, 0.3) is 0 Å². The minimum absolute atomic E-state index is 0.151. The van der Waals surface area contributed by atoms with E-state index in [2.05, 4.69) is 0 Å². The van der Waals surface area contributed by atoms with Crippen molar-refractivity contribution in [2.45, 2.75) is 24.9 Å². The van der Waals surface area contributed by atoms with Crippen LogP contribution in [0.5, 0.6) is 0 Å². The third-order valence-corrected chi connectivity index (χ3v) is 2.96. The highest BCUT2D eigenvalue weighted by atomic mass is 16.7. The molecule has 0 spiro atoms. The molecule has 1 aliphatic heterocycles. The first-order valence-electron chi connectivity index (χ1n) is 6.02. The second-order valence-electron chi connectivity index (χ2n) is 4.26. The highest BCUT2D eigenvalue weighted by Crippen LogP contribution is 2.25. The molecule has 3 N–H and O–H groups in total. The van der Waals surface area contributed by atoms with Crippen LogP contribution in [-0.4, -0.2) is 41.2 Å². The average Bonchev–Trinajstić information content (AvgIpc) is 2.92. The van der Waals surface area contributed by atoms with Gasteiger partial charge < -0.3 is 24.8 Å². The minimum Gasteiger partial charge on any atom is -0.396 e. The number of ether oxygens (including phenoxy) is 2. The van der Waals surface area contributed by atoms with Gasteiger partial charge >= 0.3 is 0 Å². The molecule has 5 nitrogen and oxygen atoms in total. The van der Waals surface area contributed by atoms with Crippen molar-refractivity contribution in [1.82, 2.24) is 0 Å². The number of rotatable bonds is 5. The fourth-order valence-corrected chi connectivity index (χ4v) is 1.91. The summed E-state index contributed by atoms with van der Waals surface area (Å²) in [7, 11) is 0. The van der Waals surface area contributed by atoms with Crippen molar-refractivity contribution in [2.75, 3.05) is 19.8 Å². The molecule has 1 fully saturated rings. The molecule has 100 valence electrons. The average molecular weight is 254 g/mol. The first kappa shape index (κ1) is 13.5. The normalized spacial score (nSPS) is 19.9. The van der Waals surface area contributed by atoms with E-state index in [1.54, 1.807) is 24.3 Å². The van der Waals surface area contributed by atoms with E-state index in [9.17, 15) is 10.2 Å². The molecular weight excluding hydrogens is 236 g/mol. The number of aliphatic hydroxyl groups excluding tert-OH is 3. The Morgan fingerprint density at radius 2 is 1.72 bits per heavy atom. The summed E-state index contributed by atoms with van der Waals surface area (Å²) >= 11 is 0. The van der Waals surface area contributed by atoms with Gasteiger partial charge in [0.1, 0.15) is 6.10 Å². The fraction of sp³-hybridized carbons (Fsp3) is 0.538. The van der Waals surface area contributed by atoms with Crippen LogP contribution in [-0.2, 0) is 9.47 Å². The molecule has 2 atom stereocenters. The number of hydrogen-bond acceptors (Lipinski definition) is 5. The van der Waals surface area contributed by atoms with Crippen LogP contribution in [0.1, 0.15) is 29.9 Å². The third-order valence-electron chi connectivity index (χ3n) is 2.96. The fourth-order valence-electron chi connectivity index (χ4n) is 1.91. The van der Waals surface area contributed by atoms with Crippen LogP contribution in [0.2, 0.25) is 0 Å². The summed E-state index contributed by atoms with van der Waals surface area (Å²) in [5.74, 6) is 0. The van der Waals surface area contributed by atoms with Crippen molar-refractivity contribution in [3.8, 4) is 0 Å². The molecule has 1 aromatic rings. The molecule has 0 bridgehead atoms. The van der Waals surface area contributed by atoms with E-state index in [1.807, 2.05) is 0 Å². The lowest BCUT2D eigenvalue weighted by Gasteiger charge is -2.18. The predicted octanol–water partition coefficient (Wildman–Crippen LogP) is 0.509. The summed E-state index contributed by atoms with van der Waals surface area (Å²) in [4.78, 5) is 0. The molecule has 1 saturated heterocycles. The zero-order valence-corrected chi connectivity index (χ0v) is 10.0. The van der Waals surface area contributed by atoms with Crippen molar-refractivity contribution in [3.05, 3.63) is 35.4 Å². The van der Waals surface area contributed by atoms with Gasteiger partial charge in [0.05, 0.1) is 19.3 Å². The Hall–Kier alpha value is -0.980. The minimum atomic E-state index is -0.989. The summed E-state index contributed by atoms with van der Waals surface area (Å²) in [6.45, 7) is 1.02. The van der Waals surface area contributed by atoms with Gasteiger partial charge in [0.25, 0.3) is 0 Å². The first-order valence-corrected chi connectivity index (χ1v) is 6.02. The third kappa shape index (κ3) is 3.07. The van der Waals surface area contributed by atoms with Gasteiger partial charge in [-0.15, -0.1) is 0 Å². The van der Waals surface area contributed by atoms with Gasteiger partial charge in [-0.3, -0.25) is 0 Å². The zero-order chi connectivity index (χ0) is 13.0. The summed E-state index contributed by atoms with van der Waals surface area (Å²) in [6.07, 6.45) is -2.13. The molecule has 0 aromatic heterocycles. The van der Waals surface area contributed by atoms with E-state index in [0.717, 1.165) is 5.56 Å². The second-order valence-corrected chi connectivity index (χ2v) is 4.26. The Labute approximate surface area is 106 Å². The predicted molar refractivity (Wildman–Crippen MR) is 63.8 cm³/mol. The van der Waals surface area contributed by atoms with Crippen molar-refractivity contribution >= 4 is 0 Å². The lowest BCUT2D eigenvalue weighted by Crippen LogP contribution is -2.19. The zero-order valence-electron chi connectivity index (χ0n) is 10.0. The summed E-state index contributed by atoms with van der Waals surface area (Å²) in [5.41, 5.74) is 1.50. The van der Waals surface area contributed by atoms with Gasteiger partial charge in [0.15, 0.2) is 6.29 Å². The van der Waals surface area contributed by atoms with Crippen LogP contribution in [0, 0.1) is 0 Å². The smallest absolute Gasteiger partial charge is 0.184 e. The van der Waals surface area contributed by atoms with Crippen LogP contribution < -0.4 is 0 Å². The molecule has 18 heavy (non-hydrogen) atoms. The number of aliphatic hydroxyl groups is 3. The van der Waals surface area contributed by atoms with E-state index in [1.165, 1.54) is 0 Å². The van der Waals surface area contributed by atoms with Crippen molar-refractivity contribution in [2.24, 2.45) is 0 Å². The standard InChI is InChI=1S/C13H18O5/c14-6-5-11(15)12(16)9-1-3-10(4-2-9)13-17-7-8-18-13/h1-4,11-16H,5-8H2. The largest absolute Gasteiger partial charge is 0.396 e. The van der Waals surface area contributed by atoms with Gasteiger partial charge in [-0.05, 0) is 12.0 Å². The van der Waals surface area contributed by atoms with E-state index in [0.29, 0.717) is 18.8 Å². The molecule has 0 amide bonds. The second kappa shape index (κ2) is 6.26. The maximum absolute atomic E-state index is 9.85. The lowest BCUT2D eigenvalue weighted by atomic mass is 10.0. The topological polar surface area (TPSA) is 79.2 Å². The van der Waals surface area contributed by atoms with Crippen molar-refractivity contribution in [3.63, 3.8) is 0 Å². The molecule has 1 aliphatic rings. The maximum atomic E-state index is 9.85. The summed E-state index contributed by atoms with van der Waals surface area (Å²) in [5, 5.41) is 28.2. The first-order chi connectivity index (χ1) is 8.72. The van der Waals surface area contributed by atoms with Gasteiger partial charge in [-0.1, -0.05) is 24.3 Å². The molecule has 2 unspecified atom stereocenters. The Kier molecular flexibility index (Phi) is 4.68. The Bertz CT molecular complexity index is 358. The van der Waals surface area contributed by atoms with Gasteiger partial charge in [0, 0.05) is 12.2 Å². The molecular formula is C13H18O5. The summed E-state index contributed by atoms with van der Waals surface area (Å²) in [6, 6.07) is 7.07. The Morgan fingerprint density at radius 3 is 2.28 bits per heavy atom. The molecule has 1 aromatic carbocycles. The Morgan fingerprint density at radius 1 is 1.11 bits per heavy atom. The summed E-state index contributed by atoms with van der Waals surface area (Å²) < 4.78 is 10.7. The number of hydrogen-bond donors (Lipinski definition) is 3. The highest BCUT2D eigenvalue weighted by molar-refractivity contribution is 5.25. The maximum Gasteiger partial charge on any atom is 0.184 e. The van der Waals surface area contributed by atoms with E-state index < -0.39 is 12.2 Å². The molecule has 0 radical (unpaired) electrons. The molecule has 2 rings (SSSR count).